The number of hydrogen-bond acceptors (Lipinski definition) is 7. The molecule has 2 heterocycles. The molecule has 0 unspecified atom stereocenters. The summed E-state index contributed by atoms with van der Waals surface area (Å²) in [5.41, 5.74) is 2.41. The van der Waals surface area contributed by atoms with E-state index in [1.165, 1.54) is 22.7 Å². The minimum atomic E-state index is -3.54. The molecule has 0 aliphatic carbocycles. The van der Waals surface area contributed by atoms with Crippen LogP contribution in [0.5, 0.6) is 5.75 Å². The number of hydrogen-bond donors (Lipinski definition) is 0. The fraction of sp³-hybridized carbons (Fsp3) is 0.364. The minimum absolute atomic E-state index is 0.290. The van der Waals surface area contributed by atoms with Gasteiger partial charge in [-0.15, -0.1) is 0 Å². The summed E-state index contributed by atoms with van der Waals surface area (Å²) in [4.78, 5) is 7.14. The van der Waals surface area contributed by atoms with Gasteiger partial charge in [-0.2, -0.15) is 8.68 Å². The van der Waals surface area contributed by atoms with E-state index >= 15 is 0 Å². The number of methoxy groups -OCH3 is 1. The molecule has 9 heteroatoms. The van der Waals surface area contributed by atoms with Crippen LogP contribution in [0.3, 0.4) is 0 Å². The Kier molecular flexibility index (Phi) is 6.54. The van der Waals surface area contributed by atoms with E-state index in [2.05, 4.69) is 40.5 Å². The largest absolute Gasteiger partial charge is 0.497 e. The number of nitrogens with zero attached hydrogens (tertiary/aromatic N) is 4. The maximum Gasteiger partial charge on any atom is 0.243 e. The molecule has 0 radical (unpaired) electrons. The van der Waals surface area contributed by atoms with Crippen LogP contribution in [-0.4, -0.2) is 55.4 Å². The molecule has 4 rings (SSSR count). The molecular weight excluding hydrogens is 432 g/mol. The van der Waals surface area contributed by atoms with E-state index in [4.69, 9.17) is 9.72 Å². The molecule has 0 N–H and O–H groups in total. The van der Waals surface area contributed by atoms with Gasteiger partial charge in [0.2, 0.25) is 15.2 Å². The molecule has 1 aliphatic heterocycles. The molecule has 7 nitrogen and oxygen atoms in total. The van der Waals surface area contributed by atoms with Gasteiger partial charge >= 0.3 is 0 Å². The smallest absolute Gasteiger partial charge is 0.243 e. The van der Waals surface area contributed by atoms with Gasteiger partial charge in [-0.3, -0.25) is 0 Å². The highest BCUT2D eigenvalue weighted by atomic mass is 32.2. The third kappa shape index (κ3) is 5.06. The maximum absolute atomic E-state index is 13.1. The average Bonchev–Trinajstić information content (AvgIpc) is 3.09. The minimum Gasteiger partial charge on any atom is -0.497 e. The second-order valence-corrected chi connectivity index (χ2v) is 10.2. The van der Waals surface area contributed by atoms with Crippen LogP contribution in [0.25, 0.3) is 0 Å². The van der Waals surface area contributed by atoms with Gasteiger partial charge in [-0.25, -0.2) is 13.4 Å². The van der Waals surface area contributed by atoms with Crippen molar-refractivity contribution >= 4 is 26.7 Å². The molecule has 0 bridgehead atoms. The van der Waals surface area contributed by atoms with Crippen LogP contribution < -0.4 is 9.64 Å². The van der Waals surface area contributed by atoms with Crippen LogP contribution in [0.2, 0.25) is 0 Å². The van der Waals surface area contributed by atoms with Gasteiger partial charge < -0.3 is 9.64 Å². The Labute approximate surface area is 187 Å². The first kappa shape index (κ1) is 21.7. The summed E-state index contributed by atoms with van der Waals surface area (Å²) in [7, 11) is -1.97. The highest BCUT2D eigenvalue weighted by Crippen LogP contribution is 2.24. The third-order valence-electron chi connectivity index (χ3n) is 5.36. The number of aromatic nitrogens is 2. The van der Waals surface area contributed by atoms with E-state index in [0.29, 0.717) is 31.8 Å². The van der Waals surface area contributed by atoms with Crippen LogP contribution >= 0.6 is 11.5 Å². The summed E-state index contributed by atoms with van der Waals surface area (Å²) in [6.45, 7) is 4.32. The number of anilines is 1. The predicted molar refractivity (Wildman–Crippen MR) is 122 cm³/mol. The van der Waals surface area contributed by atoms with Gasteiger partial charge in [-0.05, 0) is 43.2 Å². The molecule has 3 aromatic rings. The summed E-state index contributed by atoms with van der Waals surface area (Å²) < 4.78 is 37.3. The van der Waals surface area contributed by atoms with Crippen molar-refractivity contribution < 1.29 is 13.2 Å². The van der Waals surface area contributed by atoms with E-state index < -0.39 is 10.0 Å². The molecule has 164 valence electrons. The lowest BCUT2D eigenvalue weighted by Crippen LogP contribution is -2.35. The molecule has 0 amide bonds. The van der Waals surface area contributed by atoms with E-state index in [0.717, 1.165) is 23.9 Å². The van der Waals surface area contributed by atoms with E-state index in [1.54, 1.807) is 35.7 Å². The number of ether oxygens (including phenoxy) is 1. The van der Waals surface area contributed by atoms with Gasteiger partial charge in [0.1, 0.15) is 11.6 Å². The summed E-state index contributed by atoms with van der Waals surface area (Å²) in [6.07, 6.45) is 1.44. The zero-order valence-electron chi connectivity index (χ0n) is 17.7. The van der Waals surface area contributed by atoms with Crippen LogP contribution in [0.1, 0.15) is 23.4 Å². The van der Waals surface area contributed by atoms with Crippen molar-refractivity contribution in [2.24, 2.45) is 0 Å². The molecule has 0 spiro atoms. The van der Waals surface area contributed by atoms with Crippen LogP contribution in [0.15, 0.2) is 53.4 Å². The van der Waals surface area contributed by atoms with Crippen molar-refractivity contribution in [3.05, 3.63) is 65.5 Å². The van der Waals surface area contributed by atoms with Crippen molar-refractivity contribution in [3.8, 4) is 5.75 Å². The van der Waals surface area contributed by atoms with Gasteiger partial charge in [0.15, 0.2) is 0 Å². The van der Waals surface area contributed by atoms with Crippen molar-refractivity contribution in [3.63, 3.8) is 0 Å². The average molecular weight is 459 g/mol. The Morgan fingerprint density at radius 3 is 2.45 bits per heavy atom. The predicted octanol–water partition coefficient (Wildman–Crippen LogP) is 3.35. The maximum atomic E-state index is 13.1. The van der Waals surface area contributed by atoms with Crippen molar-refractivity contribution in [1.82, 2.24) is 13.7 Å². The first-order chi connectivity index (χ1) is 15.0. The SMILES string of the molecule is COc1ccc(S(=O)(=O)N2CCCN(c3nc(Cc4ccc(C)cc4)ns3)CC2)cc1. The summed E-state index contributed by atoms with van der Waals surface area (Å²) in [5, 5.41) is 0.853. The first-order valence-corrected chi connectivity index (χ1v) is 12.4. The highest BCUT2D eigenvalue weighted by Gasteiger charge is 2.28. The Hall–Kier alpha value is -2.49. The summed E-state index contributed by atoms with van der Waals surface area (Å²) in [6, 6.07) is 14.9. The van der Waals surface area contributed by atoms with Crippen LogP contribution in [0.4, 0.5) is 5.13 Å². The fourth-order valence-corrected chi connectivity index (χ4v) is 5.76. The molecule has 1 fully saturated rings. The third-order valence-corrected chi connectivity index (χ3v) is 8.09. The first-order valence-electron chi connectivity index (χ1n) is 10.2. The topological polar surface area (TPSA) is 75.6 Å². The molecule has 1 saturated heterocycles. The molecule has 2 aromatic carbocycles. The molecule has 31 heavy (non-hydrogen) atoms. The number of sulfonamides is 1. The lowest BCUT2D eigenvalue weighted by atomic mass is 10.1. The van der Waals surface area contributed by atoms with E-state index in [-0.39, 0.29) is 4.90 Å². The normalized spacial score (nSPS) is 15.6. The molecule has 0 atom stereocenters. The standard InChI is InChI=1S/C22H26N4O3S2/c1-17-4-6-18(7-5-17)16-21-23-22(30-24-21)25-12-3-13-26(15-14-25)31(27,28)20-10-8-19(29-2)9-11-20/h4-11H,3,12-16H2,1-2H3. The lowest BCUT2D eigenvalue weighted by Gasteiger charge is -2.21. The molecular formula is C22H26N4O3S2. The van der Waals surface area contributed by atoms with Gasteiger partial charge in [0.05, 0.1) is 12.0 Å². The number of rotatable bonds is 6. The monoisotopic (exact) mass is 458 g/mol. The summed E-state index contributed by atoms with van der Waals surface area (Å²) in [5.74, 6) is 1.44. The zero-order chi connectivity index (χ0) is 21.8. The van der Waals surface area contributed by atoms with Crippen molar-refractivity contribution in [2.45, 2.75) is 24.7 Å². The Bertz CT molecular complexity index is 1110. The van der Waals surface area contributed by atoms with Crippen LogP contribution in [0, 0.1) is 6.92 Å². The van der Waals surface area contributed by atoms with Gasteiger partial charge in [-0.1, -0.05) is 29.8 Å². The molecule has 0 saturated carbocycles. The molecule has 1 aromatic heterocycles. The number of benzene rings is 2. The van der Waals surface area contributed by atoms with Gasteiger partial charge in [0.25, 0.3) is 0 Å². The van der Waals surface area contributed by atoms with E-state index in [9.17, 15) is 8.42 Å². The fourth-order valence-electron chi connectivity index (χ4n) is 3.56. The second kappa shape index (κ2) is 9.33. The Balaban J connectivity index is 1.42. The van der Waals surface area contributed by atoms with Crippen molar-refractivity contribution in [1.29, 1.82) is 0 Å². The number of aryl methyl sites for hydroxylation is 1. The second-order valence-electron chi connectivity index (χ2n) is 7.58. The quantitative estimate of drug-likeness (QED) is 0.564. The van der Waals surface area contributed by atoms with Crippen molar-refractivity contribution in [2.75, 3.05) is 38.2 Å². The Morgan fingerprint density at radius 2 is 1.74 bits per heavy atom. The lowest BCUT2D eigenvalue weighted by molar-refractivity contribution is 0.413. The van der Waals surface area contributed by atoms with Crippen LogP contribution in [-0.2, 0) is 16.4 Å². The molecule has 1 aliphatic rings. The van der Waals surface area contributed by atoms with E-state index in [1.807, 2.05) is 0 Å². The van der Waals surface area contributed by atoms with Gasteiger partial charge in [0, 0.05) is 44.1 Å². The Morgan fingerprint density at radius 1 is 1.00 bits per heavy atom. The highest BCUT2D eigenvalue weighted by molar-refractivity contribution is 7.89. The summed E-state index contributed by atoms with van der Waals surface area (Å²) >= 11 is 1.38. The zero-order valence-corrected chi connectivity index (χ0v) is 19.3.